The zero-order valence-corrected chi connectivity index (χ0v) is 8.01. The van der Waals surface area contributed by atoms with E-state index in [1.54, 1.807) is 0 Å². The van der Waals surface area contributed by atoms with Crippen LogP contribution in [0, 0.1) is 11.3 Å². The van der Waals surface area contributed by atoms with E-state index in [0.29, 0.717) is 12.8 Å². The molecular weight excluding hydrogens is 196 g/mol. The molecule has 0 spiro atoms. The quantitative estimate of drug-likeness (QED) is 0.740. The predicted octanol–water partition coefficient (Wildman–Crippen LogP) is 0.850. The number of carboxylic acids is 1. The maximum atomic E-state index is 11.4. The number of hydrogen-bond acceptors (Lipinski definition) is 3. The van der Waals surface area contributed by atoms with Crippen LogP contribution in [0.5, 0.6) is 0 Å². The lowest BCUT2D eigenvalue weighted by Crippen LogP contribution is -2.24. The molecule has 0 aliphatic heterocycles. The largest absolute Gasteiger partial charge is 0.477 e. The van der Waals surface area contributed by atoms with Gasteiger partial charge in [0.15, 0.2) is 0 Å². The molecule has 0 fully saturated rings. The van der Waals surface area contributed by atoms with E-state index in [4.69, 9.17) is 10.4 Å². The predicted molar refractivity (Wildman–Crippen MR) is 52.5 cm³/mol. The standard InChI is InChI=1S/C10H10N2O3/c11-6-1-2-7-12-8(10(14)15)4-3-5-9(12)13/h3-5H,1-2,7H2,(H,14,15). The molecule has 0 aliphatic carbocycles. The fourth-order valence-electron chi connectivity index (χ4n) is 1.25. The van der Waals surface area contributed by atoms with Crippen molar-refractivity contribution in [3.8, 4) is 6.07 Å². The third-order valence-electron chi connectivity index (χ3n) is 1.94. The number of nitriles is 1. The number of unbranched alkanes of at least 4 members (excludes halogenated alkanes) is 1. The molecular formula is C10H10N2O3. The zero-order valence-electron chi connectivity index (χ0n) is 8.01. The first-order chi connectivity index (χ1) is 7.16. The third kappa shape index (κ3) is 2.68. The number of pyridine rings is 1. The Bertz CT molecular complexity index is 456. The van der Waals surface area contributed by atoms with Gasteiger partial charge < -0.3 is 9.67 Å². The van der Waals surface area contributed by atoms with Crippen LogP contribution < -0.4 is 5.56 Å². The zero-order chi connectivity index (χ0) is 11.3. The van der Waals surface area contributed by atoms with Crippen LogP contribution in [0.1, 0.15) is 23.3 Å². The minimum atomic E-state index is -1.13. The third-order valence-corrected chi connectivity index (χ3v) is 1.94. The molecule has 1 rings (SSSR count). The van der Waals surface area contributed by atoms with Crippen LogP contribution >= 0.6 is 0 Å². The van der Waals surface area contributed by atoms with Gasteiger partial charge in [0.05, 0.1) is 6.07 Å². The van der Waals surface area contributed by atoms with Crippen molar-refractivity contribution in [2.75, 3.05) is 0 Å². The van der Waals surface area contributed by atoms with Crippen LogP contribution in [-0.2, 0) is 6.54 Å². The Hall–Kier alpha value is -2.09. The molecule has 0 bridgehead atoms. The summed E-state index contributed by atoms with van der Waals surface area (Å²) >= 11 is 0. The summed E-state index contributed by atoms with van der Waals surface area (Å²) in [4.78, 5) is 22.1. The summed E-state index contributed by atoms with van der Waals surface area (Å²) in [5.41, 5.74) is -0.395. The Balaban J connectivity index is 2.99. The molecule has 0 amide bonds. The van der Waals surface area contributed by atoms with E-state index in [9.17, 15) is 9.59 Å². The van der Waals surface area contributed by atoms with E-state index in [-0.39, 0.29) is 17.8 Å². The van der Waals surface area contributed by atoms with Gasteiger partial charge in [-0.15, -0.1) is 0 Å². The number of aromatic carboxylic acids is 1. The number of carboxylic acid groups (broad SMARTS) is 1. The van der Waals surface area contributed by atoms with Crippen molar-refractivity contribution in [3.05, 3.63) is 34.2 Å². The smallest absolute Gasteiger partial charge is 0.352 e. The summed E-state index contributed by atoms with van der Waals surface area (Å²) in [7, 11) is 0. The van der Waals surface area contributed by atoms with Gasteiger partial charge in [-0.2, -0.15) is 5.26 Å². The van der Waals surface area contributed by atoms with E-state index in [2.05, 4.69) is 0 Å². The van der Waals surface area contributed by atoms with Crippen molar-refractivity contribution in [2.45, 2.75) is 19.4 Å². The fraction of sp³-hybridized carbons (Fsp3) is 0.300. The van der Waals surface area contributed by atoms with Crippen LogP contribution in [0.2, 0.25) is 0 Å². The minimum Gasteiger partial charge on any atom is -0.477 e. The summed E-state index contributed by atoms with van der Waals surface area (Å²) < 4.78 is 1.17. The van der Waals surface area contributed by atoms with Crippen molar-refractivity contribution >= 4 is 5.97 Å². The highest BCUT2D eigenvalue weighted by molar-refractivity contribution is 5.85. The lowest BCUT2D eigenvalue weighted by Gasteiger charge is -2.07. The van der Waals surface area contributed by atoms with Gasteiger partial charge in [-0.25, -0.2) is 4.79 Å². The Labute approximate surface area is 86.2 Å². The first kappa shape index (κ1) is 11.0. The molecule has 0 aromatic carbocycles. The molecule has 0 unspecified atom stereocenters. The maximum Gasteiger partial charge on any atom is 0.352 e. The number of aromatic nitrogens is 1. The summed E-state index contributed by atoms with van der Waals surface area (Å²) in [6, 6.07) is 6.03. The average molecular weight is 206 g/mol. The van der Waals surface area contributed by atoms with Gasteiger partial charge in [-0.3, -0.25) is 4.79 Å². The van der Waals surface area contributed by atoms with Crippen LogP contribution in [0.25, 0.3) is 0 Å². The van der Waals surface area contributed by atoms with Gasteiger partial charge in [0.2, 0.25) is 0 Å². The lowest BCUT2D eigenvalue weighted by atomic mass is 10.3. The van der Waals surface area contributed by atoms with E-state index in [1.165, 1.54) is 22.8 Å². The van der Waals surface area contributed by atoms with E-state index >= 15 is 0 Å². The van der Waals surface area contributed by atoms with Gasteiger partial charge in [-0.1, -0.05) is 6.07 Å². The highest BCUT2D eigenvalue weighted by Crippen LogP contribution is 1.99. The average Bonchev–Trinajstić information content (AvgIpc) is 2.20. The summed E-state index contributed by atoms with van der Waals surface area (Å²) in [6.07, 6.45) is 0.779. The number of hydrogen-bond donors (Lipinski definition) is 1. The first-order valence-corrected chi connectivity index (χ1v) is 4.47. The molecule has 15 heavy (non-hydrogen) atoms. The van der Waals surface area contributed by atoms with Crippen LogP contribution in [0.3, 0.4) is 0 Å². The van der Waals surface area contributed by atoms with Crippen molar-refractivity contribution in [1.82, 2.24) is 4.57 Å². The SMILES string of the molecule is N#CCCCn1c(C(=O)O)cccc1=O. The number of rotatable bonds is 4. The van der Waals surface area contributed by atoms with Gasteiger partial charge in [-0.05, 0) is 12.5 Å². The van der Waals surface area contributed by atoms with Crippen molar-refractivity contribution in [1.29, 1.82) is 5.26 Å². The van der Waals surface area contributed by atoms with E-state index in [0.717, 1.165) is 0 Å². The van der Waals surface area contributed by atoms with Crippen molar-refractivity contribution in [2.24, 2.45) is 0 Å². The molecule has 1 N–H and O–H groups in total. The number of carbonyl (C=O) groups is 1. The normalized spacial score (nSPS) is 9.53. The Morgan fingerprint density at radius 1 is 1.53 bits per heavy atom. The summed E-state index contributed by atoms with van der Waals surface area (Å²) in [5, 5.41) is 17.2. The highest BCUT2D eigenvalue weighted by atomic mass is 16.4. The molecule has 1 heterocycles. The van der Waals surface area contributed by atoms with E-state index < -0.39 is 5.97 Å². The topological polar surface area (TPSA) is 83.1 Å². The summed E-state index contributed by atoms with van der Waals surface area (Å²) in [6.45, 7) is 0.259. The highest BCUT2D eigenvalue weighted by Gasteiger charge is 2.09. The molecule has 0 saturated carbocycles. The first-order valence-electron chi connectivity index (χ1n) is 4.47. The molecule has 0 radical (unpaired) electrons. The van der Waals surface area contributed by atoms with Crippen LogP contribution in [0.4, 0.5) is 0 Å². The molecule has 5 nitrogen and oxygen atoms in total. The molecule has 0 atom stereocenters. The number of nitrogens with zero attached hydrogens (tertiary/aromatic N) is 2. The second-order valence-electron chi connectivity index (χ2n) is 2.97. The Kier molecular flexibility index (Phi) is 3.63. The Morgan fingerprint density at radius 2 is 2.27 bits per heavy atom. The molecule has 78 valence electrons. The minimum absolute atomic E-state index is 0.0413. The van der Waals surface area contributed by atoms with Crippen LogP contribution in [-0.4, -0.2) is 15.6 Å². The molecule has 1 aromatic rings. The van der Waals surface area contributed by atoms with Crippen molar-refractivity contribution in [3.63, 3.8) is 0 Å². The molecule has 1 aromatic heterocycles. The fourth-order valence-corrected chi connectivity index (χ4v) is 1.25. The Morgan fingerprint density at radius 3 is 2.87 bits per heavy atom. The van der Waals surface area contributed by atoms with Gasteiger partial charge in [0.1, 0.15) is 5.69 Å². The summed E-state index contributed by atoms with van der Waals surface area (Å²) in [5.74, 6) is -1.13. The van der Waals surface area contributed by atoms with Gasteiger partial charge in [0.25, 0.3) is 5.56 Å². The molecule has 0 aliphatic rings. The van der Waals surface area contributed by atoms with Crippen molar-refractivity contribution < 1.29 is 9.90 Å². The second kappa shape index (κ2) is 4.96. The lowest BCUT2D eigenvalue weighted by molar-refractivity contribution is 0.0683. The van der Waals surface area contributed by atoms with Gasteiger partial charge in [0, 0.05) is 19.0 Å². The second-order valence-corrected chi connectivity index (χ2v) is 2.97. The molecule has 0 saturated heterocycles. The van der Waals surface area contributed by atoms with Crippen LogP contribution in [0.15, 0.2) is 23.0 Å². The van der Waals surface area contributed by atoms with Gasteiger partial charge >= 0.3 is 5.97 Å². The van der Waals surface area contributed by atoms with E-state index in [1.807, 2.05) is 6.07 Å². The monoisotopic (exact) mass is 206 g/mol. The molecule has 5 heteroatoms. The maximum absolute atomic E-state index is 11.4.